The van der Waals surface area contributed by atoms with Gasteiger partial charge in [0.05, 0.1) is 22.3 Å². The molecular formula is C23H20F3N3. The molecule has 0 saturated heterocycles. The predicted molar refractivity (Wildman–Crippen MR) is 108 cm³/mol. The summed E-state index contributed by atoms with van der Waals surface area (Å²) < 4.78 is 39.8. The maximum atomic E-state index is 13.3. The number of H-pyrrole nitrogens is 1. The Morgan fingerprint density at radius 3 is 2.21 bits per heavy atom. The van der Waals surface area contributed by atoms with Gasteiger partial charge in [-0.2, -0.15) is 13.2 Å². The third-order valence-corrected chi connectivity index (χ3v) is 4.89. The Kier molecular flexibility index (Phi) is 4.45. The molecule has 3 nitrogen and oxygen atoms in total. The molecule has 0 aliphatic rings. The number of imidazole rings is 1. The number of rotatable bonds is 2. The number of benzene rings is 2. The summed E-state index contributed by atoms with van der Waals surface area (Å²) in [5, 5.41) is 0. The van der Waals surface area contributed by atoms with Gasteiger partial charge in [0.25, 0.3) is 0 Å². The van der Waals surface area contributed by atoms with Crippen LogP contribution in [0.25, 0.3) is 33.7 Å². The van der Waals surface area contributed by atoms with Gasteiger partial charge in [0.1, 0.15) is 5.82 Å². The lowest BCUT2D eigenvalue weighted by molar-refractivity contribution is -0.137. The molecular weight excluding hydrogens is 375 g/mol. The molecule has 2 heterocycles. The highest BCUT2D eigenvalue weighted by Crippen LogP contribution is 2.36. The van der Waals surface area contributed by atoms with Crippen molar-refractivity contribution < 1.29 is 13.2 Å². The van der Waals surface area contributed by atoms with Gasteiger partial charge in [-0.1, -0.05) is 51.1 Å². The van der Waals surface area contributed by atoms with Gasteiger partial charge in [-0.15, -0.1) is 0 Å². The standard InChI is InChI=1S/C23H20F3N3/c1-22(2,3)16-10-11-18-19(13-16)29-21(28-18)15-8-6-14(7-9-15)20-17(23(24,25)26)5-4-12-27-20/h4-13H,1-3H3,(H,28,29). The highest BCUT2D eigenvalue weighted by molar-refractivity contribution is 5.80. The Hall–Kier alpha value is -3.15. The Bertz CT molecular complexity index is 1170. The smallest absolute Gasteiger partial charge is 0.338 e. The number of alkyl halides is 3. The number of aromatic nitrogens is 3. The molecule has 0 aliphatic heterocycles. The lowest BCUT2D eigenvalue weighted by Gasteiger charge is -2.18. The van der Waals surface area contributed by atoms with E-state index < -0.39 is 11.7 Å². The molecule has 0 bridgehead atoms. The van der Waals surface area contributed by atoms with E-state index in [0.717, 1.165) is 22.7 Å². The van der Waals surface area contributed by atoms with E-state index in [1.54, 1.807) is 24.3 Å². The van der Waals surface area contributed by atoms with Crippen LogP contribution in [-0.2, 0) is 11.6 Å². The molecule has 148 valence electrons. The average molecular weight is 395 g/mol. The molecule has 6 heteroatoms. The van der Waals surface area contributed by atoms with Crippen molar-refractivity contribution in [1.29, 1.82) is 0 Å². The number of aromatic amines is 1. The molecule has 0 spiro atoms. The first-order chi connectivity index (χ1) is 13.6. The third kappa shape index (κ3) is 3.75. The summed E-state index contributed by atoms with van der Waals surface area (Å²) in [4.78, 5) is 11.9. The van der Waals surface area contributed by atoms with Crippen molar-refractivity contribution >= 4 is 11.0 Å². The van der Waals surface area contributed by atoms with Gasteiger partial charge >= 0.3 is 6.18 Å². The number of fused-ring (bicyclic) bond motifs is 1. The summed E-state index contributed by atoms with van der Waals surface area (Å²) in [6, 6.07) is 15.3. The van der Waals surface area contributed by atoms with Crippen molar-refractivity contribution in [3.63, 3.8) is 0 Å². The number of pyridine rings is 1. The minimum Gasteiger partial charge on any atom is -0.338 e. The normalized spacial score (nSPS) is 12.5. The minimum absolute atomic E-state index is 0.0278. The predicted octanol–water partition coefficient (Wildman–Crippen LogP) is 6.61. The number of nitrogens with zero attached hydrogens (tertiary/aromatic N) is 2. The second-order valence-corrected chi connectivity index (χ2v) is 8.04. The molecule has 4 rings (SSSR count). The molecule has 29 heavy (non-hydrogen) atoms. The van der Waals surface area contributed by atoms with Gasteiger partial charge < -0.3 is 4.98 Å². The zero-order valence-corrected chi connectivity index (χ0v) is 16.3. The highest BCUT2D eigenvalue weighted by atomic mass is 19.4. The van der Waals surface area contributed by atoms with E-state index in [9.17, 15) is 13.2 Å². The summed E-state index contributed by atoms with van der Waals surface area (Å²) in [5.41, 5.74) is 3.39. The van der Waals surface area contributed by atoms with Crippen LogP contribution in [0.5, 0.6) is 0 Å². The fraction of sp³-hybridized carbons (Fsp3) is 0.217. The molecule has 0 radical (unpaired) electrons. The summed E-state index contributed by atoms with van der Waals surface area (Å²) in [6.07, 6.45) is -3.09. The number of nitrogens with one attached hydrogen (secondary N) is 1. The van der Waals surface area contributed by atoms with Crippen LogP contribution in [0.3, 0.4) is 0 Å². The van der Waals surface area contributed by atoms with Crippen LogP contribution in [0.2, 0.25) is 0 Å². The molecule has 1 N–H and O–H groups in total. The van der Waals surface area contributed by atoms with E-state index in [-0.39, 0.29) is 11.1 Å². The Balaban J connectivity index is 1.70. The molecule has 0 amide bonds. The second-order valence-electron chi connectivity index (χ2n) is 8.04. The third-order valence-electron chi connectivity index (χ3n) is 4.89. The maximum absolute atomic E-state index is 13.3. The molecule has 2 aromatic heterocycles. The van der Waals surface area contributed by atoms with Crippen molar-refractivity contribution in [3.05, 3.63) is 71.9 Å². The van der Waals surface area contributed by atoms with E-state index in [2.05, 4.69) is 47.9 Å². The quantitative estimate of drug-likeness (QED) is 0.415. The van der Waals surface area contributed by atoms with Crippen LogP contribution < -0.4 is 0 Å². The van der Waals surface area contributed by atoms with Crippen LogP contribution in [0.4, 0.5) is 13.2 Å². The van der Waals surface area contributed by atoms with Gasteiger partial charge in [0.15, 0.2) is 0 Å². The SMILES string of the molecule is CC(C)(C)c1ccc2nc(-c3ccc(-c4ncccc4C(F)(F)F)cc3)[nH]c2c1. The van der Waals surface area contributed by atoms with E-state index in [1.165, 1.54) is 17.8 Å². The first kappa shape index (κ1) is 19.2. The van der Waals surface area contributed by atoms with Crippen LogP contribution >= 0.6 is 0 Å². The zero-order valence-electron chi connectivity index (χ0n) is 16.3. The first-order valence-electron chi connectivity index (χ1n) is 9.26. The zero-order chi connectivity index (χ0) is 20.8. The molecule has 0 unspecified atom stereocenters. The van der Waals surface area contributed by atoms with E-state index >= 15 is 0 Å². The lowest BCUT2D eigenvalue weighted by Crippen LogP contribution is -2.10. The largest absolute Gasteiger partial charge is 0.418 e. The van der Waals surface area contributed by atoms with E-state index in [0.29, 0.717) is 11.4 Å². The molecule has 2 aromatic carbocycles. The monoisotopic (exact) mass is 395 g/mol. The summed E-state index contributed by atoms with van der Waals surface area (Å²) in [7, 11) is 0. The van der Waals surface area contributed by atoms with Crippen molar-refractivity contribution in [2.45, 2.75) is 32.4 Å². The van der Waals surface area contributed by atoms with Crippen LogP contribution in [0, 0.1) is 0 Å². The summed E-state index contributed by atoms with van der Waals surface area (Å²) in [5.74, 6) is 0.676. The average Bonchev–Trinajstić information content (AvgIpc) is 3.10. The minimum atomic E-state index is -4.45. The van der Waals surface area contributed by atoms with Gasteiger partial charge in [0.2, 0.25) is 0 Å². The topological polar surface area (TPSA) is 41.6 Å². The van der Waals surface area contributed by atoms with Crippen molar-refractivity contribution in [3.8, 4) is 22.6 Å². The van der Waals surface area contributed by atoms with Crippen LogP contribution in [0.1, 0.15) is 31.9 Å². The Labute approximate surface area is 166 Å². The lowest BCUT2D eigenvalue weighted by atomic mass is 9.87. The van der Waals surface area contributed by atoms with Crippen molar-refractivity contribution in [2.24, 2.45) is 0 Å². The fourth-order valence-corrected chi connectivity index (χ4v) is 3.26. The number of hydrogen-bond donors (Lipinski definition) is 1. The first-order valence-corrected chi connectivity index (χ1v) is 9.26. The number of hydrogen-bond acceptors (Lipinski definition) is 2. The Morgan fingerprint density at radius 2 is 1.55 bits per heavy atom. The highest BCUT2D eigenvalue weighted by Gasteiger charge is 2.34. The van der Waals surface area contributed by atoms with E-state index in [1.807, 2.05) is 6.07 Å². The molecule has 0 atom stereocenters. The maximum Gasteiger partial charge on any atom is 0.418 e. The molecule has 0 aliphatic carbocycles. The second kappa shape index (κ2) is 6.72. The summed E-state index contributed by atoms with van der Waals surface area (Å²) >= 11 is 0. The van der Waals surface area contributed by atoms with Crippen molar-refractivity contribution in [2.75, 3.05) is 0 Å². The van der Waals surface area contributed by atoms with Gasteiger partial charge in [-0.25, -0.2) is 4.98 Å². The van der Waals surface area contributed by atoms with E-state index in [4.69, 9.17) is 0 Å². The van der Waals surface area contributed by atoms with Crippen LogP contribution in [-0.4, -0.2) is 15.0 Å². The number of halogens is 3. The van der Waals surface area contributed by atoms with Gasteiger partial charge in [-0.3, -0.25) is 4.98 Å². The Morgan fingerprint density at radius 1 is 0.862 bits per heavy atom. The van der Waals surface area contributed by atoms with Gasteiger partial charge in [0, 0.05) is 17.3 Å². The van der Waals surface area contributed by atoms with Gasteiger partial charge in [-0.05, 0) is 35.2 Å². The molecule has 4 aromatic rings. The van der Waals surface area contributed by atoms with Crippen LogP contribution in [0.15, 0.2) is 60.8 Å². The fourth-order valence-electron chi connectivity index (χ4n) is 3.26. The molecule has 0 saturated carbocycles. The molecule has 0 fully saturated rings. The van der Waals surface area contributed by atoms with Crippen molar-refractivity contribution in [1.82, 2.24) is 15.0 Å². The summed E-state index contributed by atoms with van der Waals surface area (Å²) in [6.45, 7) is 6.45.